The largest absolute Gasteiger partial charge is 0.298 e. The first-order valence-electron chi connectivity index (χ1n) is 8.86. The van der Waals surface area contributed by atoms with Crippen molar-refractivity contribution in [2.75, 3.05) is 26.2 Å². The second kappa shape index (κ2) is 7.04. The molecule has 2 aromatic carbocycles. The Hall–Kier alpha value is -2.86. The maximum atomic E-state index is 13.4. The Morgan fingerprint density at radius 1 is 0.889 bits per heavy atom. The van der Waals surface area contributed by atoms with Crippen LogP contribution < -0.4 is 0 Å². The summed E-state index contributed by atoms with van der Waals surface area (Å²) in [4.78, 5) is 28.2. The van der Waals surface area contributed by atoms with Crippen LogP contribution in [0.2, 0.25) is 0 Å². The van der Waals surface area contributed by atoms with E-state index >= 15 is 0 Å². The molecule has 0 atom stereocenters. The molecule has 0 fully saturated rings. The quantitative estimate of drug-likeness (QED) is 0.777. The van der Waals surface area contributed by atoms with Gasteiger partial charge in [0, 0.05) is 32.2 Å². The highest BCUT2D eigenvalue weighted by Crippen LogP contribution is 2.25. The highest BCUT2D eigenvalue weighted by atomic mass is 19.1. The lowest BCUT2D eigenvalue weighted by Crippen LogP contribution is -2.39. The van der Waals surface area contributed by atoms with Gasteiger partial charge < -0.3 is 0 Å². The molecule has 0 N–H and O–H groups in total. The van der Waals surface area contributed by atoms with Gasteiger partial charge >= 0.3 is 0 Å². The number of benzene rings is 2. The van der Waals surface area contributed by atoms with Crippen LogP contribution in [0.5, 0.6) is 0 Å². The number of carbonyl (C=O) groups is 2. The summed E-state index contributed by atoms with van der Waals surface area (Å²) in [7, 11) is 0. The summed E-state index contributed by atoms with van der Waals surface area (Å²) in [5, 5.41) is 0. The van der Waals surface area contributed by atoms with Gasteiger partial charge in [-0.25, -0.2) is 8.78 Å². The molecule has 27 heavy (non-hydrogen) atoms. The van der Waals surface area contributed by atoms with Crippen molar-refractivity contribution in [3.8, 4) is 0 Å². The predicted octanol–water partition coefficient (Wildman–Crippen LogP) is 3.35. The van der Waals surface area contributed by atoms with Gasteiger partial charge in [0.25, 0.3) is 11.8 Å². The zero-order valence-electron chi connectivity index (χ0n) is 14.6. The van der Waals surface area contributed by atoms with Crippen LogP contribution in [0.3, 0.4) is 0 Å². The Labute approximate surface area is 155 Å². The van der Waals surface area contributed by atoms with Crippen molar-refractivity contribution in [1.29, 1.82) is 0 Å². The number of carbonyl (C=O) groups excluding carboxylic acids is 2. The molecule has 2 heterocycles. The van der Waals surface area contributed by atoms with Gasteiger partial charge in [-0.1, -0.05) is 18.2 Å². The topological polar surface area (TPSA) is 40.6 Å². The molecular formula is C21H18F2N2O2. The Morgan fingerprint density at radius 3 is 2.07 bits per heavy atom. The monoisotopic (exact) mass is 368 g/mol. The molecule has 4 rings (SSSR count). The van der Waals surface area contributed by atoms with Gasteiger partial charge in [-0.3, -0.25) is 19.4 Å². The minimum absolute atomic E-state index is 0.251. The van der Waals surface area contributed by atoms with Crippen molar-refractivity contribution in [3.05, 3.63) is 76.9 Å². The van der Waals surface area contributed by atoms with Gasteiger partial charge in [-0.05, 0) is 41.8 Å². The molecule has 0 bridgehead atoms. The number of halogens is 2. The third-order valence-electron chi connectivity index (χ3n) is 5.04. The molecule has 6 heteroatoms. The zero-order chi connectivity index (χ0) is 19.0. The molecule has 0 radical (unpaired) electrons. The van der Waals surface area contributed by atoms with Crippen molar-refractivity contribution < 1.29 is 18.4 Å². The van der Waals surface area contributed by atoms with E-state index in [1.54, 1.807) is 24.3 Å². The van der Waals surface area contributed by atoms with Crippen LogP contribution in [0, 0.1) is 11.6 Å². The standard InChI is InChI=1S/C21H18F2N2O2/c22-16-11-15(12-17(23)13-16)14-5-7-24(8-6-14)9-10-25-20(26)18-3-1-2-4-19(18)21(25)27/h1-5,11-13H,6-10H2. The number of fused-ring (bicyclic) bond motifs is 1. The van der Waals surface area contributed by atoms with E-state index in [2.05, 4.69) is 4.90 Å². The van der Waals surface area contributed by atoms with Crippen molar-refractivity contribution in [1.82, 2.24) is 9.80 Å². The summed E-state index contributed by atoms with van der Waals surface area (Å²) in [5.41, 5.74) is 2.38. The van der Waals surface area contributed by atoms with Crippen molar-refractivity contribution in [2.24, 2.45) is 0 Å². The Kier molecular flexibility index (Phi) is 4.58. The van der Waals surface area contributed by atoms with Gasteiger partial charge in [0.1, 0.15) is 11.6 Å². The lowest BCUT2D eigenvalue weighted by atomic mass is 9.99. The molecule has 4 nitrogen and oxygen atoms in total. The molecular weight excluding hydrogens is 350 g/mol. The van der Waals surface area contributed by atoms with E-state index in [1.807, 2.05) is 6.08 Å². The fourth-order valence-corrected chi connectivity index (χ4v) is 3.60. The molecule has 0 unspecified atom stereocenters. The SMILES string of the molecule is O=C1c2ccccc2C(=O)N1CCN1CC=C(c2cc(F)cc(F)c2)CC1. The van der Waals surface area contributed by atoms with Gasteiger partial charge in [-0.15, -0.1) is 0 Å². The van der Waals surface area contributed by atoms with Crippen LogP contribution in [0.1, 0.15) is 32.7 Å². The van der Waals surface area contributed by atoms with Crippen LogP contribution in [0.25, 0.3) is 5.57 Å². The summed E-state index contributed by atoms with van der Waals surface area (Å²) in [5.74, 6) is -1.67. The van der Waals surface area contributed by atoms with Crippen molar-refractivity contribution >= 4 is 17.4 Å². The zero-order valence-corrected chi connectivity index (χ0v) is 14.6. The lowest BCUT2D eigenvalue weighted by Gasteiger charge is -2.28. The molecule has 2 aliphatic rings. The van der Waals surface area contributed by atoms with E-state index in [1.165, 1.54) is 17.0 Å². The second-order valence-corrected chi connectivity index (χ2v) is 6.75. The first kappa shape index (κ1) is 17.5. The number of nitrogens with zero attached hydrogens (tertiary/aromatic N) is 2. The smallest absolute Gasteiger partial charge is 0.261 e. The highest BCUT2D eigenvalue weighted by molar-refractivity contribution is 6.21. The van der Waals surface area contributed by atoms with Gasteiger partial charge in [0.15, 0.2) is 0 Å². The molecule has 2 aliphatic heterocycles. The Morgan fingerprint density at radius 2 is 1.52 bits per heavy atom. The fourth-order valence-electron chi connectivity index (χ4n) is 3.60. The lowest BCUT2D eigenvalue weighted by molar-refractivity contribution is 0.0638. The third-order valence-corrected chi connectivity index (χ3v) is 5.04. The molecule has 138 valence electrons. The molecule has 2 aromatic rings. The molecule has 0 spiro atoms. The average Bonchev–Trinajstić information content (AvgIpc) is 2.91. The predicted molar refractivity (Wildman–Crippen MR) is 97.2 cm³/mol. The van der Waals surface area contributed by atoms with E-state index in [0.717, 1.165) is 11.6 Å². The van der Waals surface area contributed by atoms with Crippen molar-refractivity contribution in [2.45, 2.75) is 6.42 Å². The minimum Gasteiger partial charge on any atom is -0.298 e. The van der Waals surface area contributed by atoms with Crippen LogP contribution in [0.15, 0.2) is 48.5 Å². The third kappa shape index (κ3) is 3.40. The fraction of sp³-hybridized carbons (Fsp3) is 0.238. The summed E-state index contributed by atoms with van der Waals surface area (Å²) >= 11 is 0. The Bertz CT molecular complexity index is 900. The Balaban J connectivity index is 1.38. The van der Waals surface area contributed by atoms with Crippen molar-refractivity contribution in [3.63, 3.8) is 0 Å². The van der Waals surface area contributed by atoms with Crippen LogP contribution in [-0.2, 0) is 0 Å². The molecule has 0 saturated heterocycles. The second-order valence-electron chi connectivity index (χ2n) is 6.75. The number of imide groups is 1. The van der Waals surface area contributed by atoms with E-state index in [4.69, 9.17) is 0 Å². The van der Waals surface area contributed by atoms with Crippen LogP contribution in [-0.4, -0.2) is 47.8 Å². The normalized spacial score (nSPS) is 17.3. The highest BCUT2D eigenvalue weighted by Gasteiger charge is 2.34. The van der Waals surface area contributed by atoms with Crippen LogP contribution in [0.4, 0.5) is 8.78 Å². The summed E-state index contributed by atoms with van der Waals surface area (Å²) in [6, 6.07) is 10.4. The van der Waals surface area contributed by atoms with E-state index in [-0.39, 0.29) is 11.8 Å². The number of rotatable bonds is 4. The maximum Gasteiger partial charge on any atom is 0.261 e. The molecule has 0 saturated carbocycles. The van der Waals surface area contributed by atoms with Gasteiger partial charge in [-0.2, -0.15) is 0 Å². The molecule has 0 aliphatic carbocycles. The van der Waals surface area contributed by atoms with Gasteiger partial charge in [0.05, 0.1) is 11.1 Å². The minimum atomic E-state index is -0.584. The van der Waals surface area contributed by atoms with E-state index < -0.39 is 11.6 Å². The van der Waals surface area contributed by atoms with Gasteiger partial charge in [0.2, 0.25) is 0 Å². The number of amides is 2. The summed E-state index contributed by atoms with van der Waals surface area (Å²) in [6.45, 7) is 2.20. The molecule has 0 aromatic heterocycles. The van der Waals surface area contributed by atoms with Crippen LogP contribution >= 0.6 is 0 Å². The number of hydrogen-bond acceptors (Lipinski definition) is 3. The van der Waals surface area contributed by atoms with E-state index in [9.17, 15) is 18.4 Å². The summed E-state index contributed by atoms with van der Waals surface area (Å²) < 4.78 is 26.8. The first-order valence-corrected chi connectivity index (χ1v) is 8.86. The first-order chi connectivity index (χ1) is 13.0. The molecule has 2 amide bonds. The summed E-state index contributed by atoms with van der Waals surface area (Å²) in [6.07, 6.45) is 2.60. The average molecular weight is 368 g/mol. The maximum absolute atomic E-state index is 13.4. The van der Waals surface area contributed by atoms with E-state index in [0.29, 0.717) is 49.3 Å². The number of hydrogen-bond donors (Lipinski definition) is 0.